The van der Waals surface area contributed by atoms with Crippen molar-refractivity contribution in [3.05, 3.63) is 30.1 Å². The van der Waals surface area contributed by atoms with Crippen LogP contribution in [-0.4, -0.2) is 81.0 Å². The van der Waals surface area contributed by atoms with E-state index in [1.54, 1.807) is 6.07 Å². The molecule has 1 N–H and O–H groups in total. The molecule has 5 nitrogen and oxygen atoms in total. The molecule has 144 valence electrons. The first kappa shape index (κ1) is 19.5. The van der Waals surface area contributed by atoms with Crippen molar-refractivity contribution in [3.8, 4) is 0 Å². The van der Waals surface area contributed by atoms with E-state index in [4.69, 9.17) is 4.74 Å². The van der Waals surface area contributed by atoms with Gasteiger partial charge in [0.1, 0.15) is 5.82 Å². The van der Waals surface area contributed by atoms with Crippen LogP contribution in [0, 0.1) is 11.7 Å². The molecule has 2 fully saturated rings. The highest BCUT2D eigenvalue weighted by Gasteiger charge is 2.26. The number of ether oxygens (including phenoxy) is 1. The molecule has 0 aromatic heterocycles. The maximum atomic E-state index is 13.6. The Balaban J connectivity index is 1.38. The number of aliphatic imine (C=N–C) groups is 1. The average molecular weight is 381 g/mol. The second-order valence-corrected chi connectivity index (χ2v) is 7.90. The van der Waals surface area contributed by atoms with Crippen molar-refractivity contribution >= 4 is 17.7 Å². The molecule has 2 aliphatic rings. The molecule has 26 heavy (non-hydrogen) atoms. The van der Waals surface area contributed by atoms with Gasteiger partial charge in [0.2, 0.25) is 0 Å². The highest BCUT2D eigenvalue weighted by atomic mass is 32.2. The molecular formula is C19H29FN4OS. The molecule has 2 heterocycles. The maximum Gasteiger partial charge on any atom is 0.193 e. The molecular weight excluding hydrogens is 351 g/mol. The molecule has 0 amide bonds. The van der Waals surface area contributed by atoms with E-state index in [0.29, 0.717) is 10.8 Å². The molecule has 1 unspecified atom stereocenters. The molecule has 2 saturated heterocycles. The highest BCUT2D eigenvalue weighted by Crippen LogP contribution is 2.21. The Morgan fingerprint density at radius 1 is 1.31 bits per heavy atom. The summed E-state index contributed by atoms with van der Waals surface area (Å²) in [4.78, 5) is 9.99. The van der Waals surface area contributed by atoms with Gasteiger partial charge in [-0.25, -0.2) is 4.39 Å². The van der Waals surface area contributed by atoms with E-state index in [2.05, 4.69) is 20.1 Å². The zero-order valence-electron chi connectivity index (χ0n) is 15.5. The summed E-state index contributed by atoms with van der Waals surface area (Å²) in [6, 6.07) is 6.93. The zero-order valence-corrected chi connectivity index (χ0v) is 16.3. The lowest BCUT2D eigenvalue weighted by Gasteiger charge is -2.29. The van der Waals surface area contributed by atoms with Crippen LogP contribution in [0.1, 0.15) is 6.42 Å². The SMILES string of the molecule is CN=C(NCCSc1ccccc1F)N1CCC(CN2CCOCC2)C1. The van der Waals surface area contributed by atoms with Crippen molar-refractivity contribution in [3.63, 3.8) is 0 Å². The monoisotopic (exact) mass is 380 g/mol. The van der Waals surface area contributed by atoms with Crippen molar-refractivity contribution in [2.45, 2.75) is 11.3 Å². The zero-order chi connectivity index (χ0) is 18.2. The van der Waals surface area contributed by atoms with Gasteiger partial charge in [-0.15, -0.1) is 11.8 Å². The van der Waals surface area contributed by atoms with Crippen LogP contribution in [0.2, 0.25) is 0 Å². The van der Waals surface area contributed by atoms with Gasteiger partial charge in [0.05, 0.1) is 13.2 Å². The Kier molecular flexibility index (Phi) is 7.58. The predicted molar refractivity (Wildman–Crippen MR) is 105 cm³/mol. The van der Waals surface area contributed by atoms with Crippen LogP contribution >= 0.6 is 11.8 Å². The van der Waals surface area contributed by atoms with Gasteiger partial charge in [-0.1, -0.05) is 12.1 Å². The molecule has 0 radical (unpaired) electrons. The summed E-state index contributed by atoms with van der Waals surface area (Å²) in [5.41, 5.74) is 0. The van der Waals surface area contributed by atoms with Gasteiger partial charge in [0.15, 0.2) is 5.96 Å². The lowest BCUT2D eigenvalue weighted by Crippen LogP contribution is -2.42. The molecule has 1 aromatic rings. The van der Waals surface area contributed by atoms with Gasteiger partial charge < -0.3 is 15.0 Å². The number of morpholine rings is 1. The summed E-state index contributed by atoms with van der Waals surface area (Å²) in [7, 11) is 1.83. The smallest absolute Gasteiger partial charge is 0.193 e. The van der Waals surface area contributed by atoms with E-state index in [9.17, 15) is 4.39 Å². The minimum atomic E-state index is -0.146. The summed E-state index contributed by atoms with van der Waals surface area (Å²) < 4.78 is 19.1. The Bertz CT molecular complexity index is 595. The minimum Gasteiger partial charge on any atom is -0.379 e. The third-order valence-corrected chi connectivity index (χ3v) is 5.95. The first-order chi connectivity index (χ1) is 12.8. The van der Waals surface area contributed by atoms with Crippen LogP contribution in [0.15, 0.2) is 34.2 Å². The van der Waals surface area contributed by atoms with E-state index in [1.165, 1.54) is 24.2 Å². The summed E-state index contributed by atoms with van der Waals surface area (Å²) in [6.45, 7) is 7.86. The number of hydrogen-bond donors (Lipinski definition) is 1. The molecule has 0 saturated carbocycles. The number of thioether (sulfide) groups is 1. The van der Waals surface area contributed by atoms with E-state index >= 15 is 0 Å². The predicted octanol–water partition coefficient (Wildman–Crippen LogP) is 2.15. The number of guanidine groups is 1. The molecule has 0 bridgehead atoms. The molecule has 1 atom stereocenters. The van der Waals surface area contributed by atoms with Crippen molar-refractivity contribution in [2.24, 2.45) is 10.9 Å². The second kappa shape index (κ2) is 10.1. The first-order valence-corrected chi connectivity index (χ1v) is 10.4. The summed E-state index contributed by atoms with van der Waals surface area (Å²) in [5, 5.41) is 3.42. The van der Waals surface area contributed by atoms with Gasteiger partial charge in [-0.2, -0.15) is 0 Å². The molecule has 7 heteroatoms. The third-order valence-electron chi connectivity index (χ3n) is 4.90. The fourth-order valence-electron chi connectivity index (χ4n) is 3.54. The van der Waals surface area contributed by atoms with Gasteiger partial charge in [0.25, 0.3) is 0 Å². The van der Waals surface area contributed by atoms with Gasteiger partial charge in [-0.3, -0.25) is 9.89 Å². The van der Waals surface area contributed by atoms with Gasteiger partial charge in [0, 0.05) is 57.0 Å². The van der Waals surface area contributed by atoms with E-state index in [0.717, 1.165) is 64.2 Å². The Morgan fingerprint density at radius 3 is 2.88 bits per heavy atom. The molecule has 2 aliphatic heterocycles. The average Bonchev–Trinajstić information content (AvgIpc) is 3.12. The number of nitrogens with zero attached hydrogens (tertiary/aromatic N) is 3. The van der Waals surface area contributed by atoms with Crippen LogP contribution in [0.4, 0.5) is 4.39 Å². The highest BCUT2D eigenvalue weighted by molar-refractivity contribution is 7.99. The number of likely N-dealkylation sites (tertiary alicyclic amines) is 1. The number of rotatable bonds is 6. The molecule has 1 aromatic carbocycles. The minimum absolute atomic E-state index is 0.146. The lowest BCUT2D eigenvalue weighted by molar-refractivity contribution is 0.0315. The largest absolute Gasteiger partial charge is 0.379 e. The van der Waals surface area contributed by atoms with Gasteiger partial charge in [-0.05, 0) is 24.5 Å². The molecule has 0 spiro atoms. The van der Waals surface area contributed by atoms with Crippen molar-refractivity contribution < 1.29 is 9.13 Å². The molecule has 3 rings (SSSR count). The van der Waals surface area contributed by atoms with Crippen LogP contribution in [0.5, 0.6) is 0 Å². The van der Waals surface area contributed by atoms with Crippen LogP contribution in [0.25, 0.3) is 0 Å². The van der Waals surface area contributed by atoms with Crippen molar-refractivity contribution in [1.82, 2.24) is 15.1 Å². The number of halogens is 1. The number of hydrogen-bond acceptors (Lipinski definition) is 4. The third kappa shape index (κ3) is 5.59. The number of nitrogens with one attached hydrogen (secondary N) is 1. The second-order valence-electron chi connectivity index (χ2n) is 6.77. The first-order valence-electron chi connectivity index (χ1n) is 9.39. The summed E-state index contributed by atoms with van der Waals surface area (Å²) in [6.07, 6.45) is 1.21. The standard InChI is InChI=1S/C19H29FN4OS/c1-21-19(22-7-13-26-18-5-3-2-4-17(18)20)24-8-6-16(15-24)14-23-9-11-25-12-10-23/h2-5,16H,6-15H2,1H3,(H,21,22). The fraction of sp³-hybridized carbons (Fsp3) is 0.632. The Labute approximate surface area is 160 Å². The van der Waals surface area contributed by atoms with Crippen molar-refractivity contribution in [1.29, 1.82) is 0 Å². The summed E-state index contributed by atoms with van der Waals surface area (Å²) >= 11 is 1.54. The molecule has 0 aliphatic carbocycles. The normalized spacial score (nSPS) is 22.0. The quantitative estimate of drug-likeness (QED) is 0.354. The van der Waals surface area contributed by atoms with Gasteiger partial charge >= 0.3 is 0 Å². The topological polar surface area (TPSA) is 40.1 Å². The van der Waals surface area contributed by atoms with Crippen LogP contribution in [-0.2, 0) is 4.74 Å². The lowest BCUT2D eigenvalue weighted by atomic mass is 10.1. The Morgan fingerprint density at radius 2 is 2.12 bits per heavy atom. The van der Waals surface area contributed by atoms with Crippen LogP contribution in [0.3, 0.4) is 0 Å². The fourth-order valence-corrected chi connectivity index (χ4v) is 4.35. The summed E-state index contributed by atoms with van der Waals surface area (Å²) in [5.74, 6) is 2.32. The Hall–Kier alpha value is -1.31. The number of benzene rings is 1. The maximum absolute atomic E-state index is 13.6. The van der Waals surface area contributed by atoms with Crippen molar-refractivity contribution in [2.75, 3.05) is 65.3 Å². The van der Waals surface area contributed by atoms with Crippen LogP contribution < -0.4 is 5.32 Å². The van der Waals surface area contributed by atoms with E-state index in [1.807, 2.05) is 19.2 Å². The van der Waals surface area contributed by atoms with E-state index < -0.39 is 0 Å². The van der Waals surface area contributed by atoms with E-state index in [-0.39, 0.29) is 5.82 Å².